The summed E-state index contributed by atoms with van der Waals surface area (Å²) < 4.78 is 0.595. The summed E-state index contributed by atoms with van der Waals surface area (Å²) in [4.78, 5) is 14.2. The van der Waals surface area contributed by atoms with Crippen molar-refractivity contribution in [1.82, 2.24) is 0 Å². The number of thiocarbonyl (C=S) groups is 1. The Morgan fingerprint density at radius 3 is 2.81 bits per heavy atom. The van der Waals surface area contributed by atoms with Gasteiger partial charge in [0, 0.05) is 4.90 Å². The van der Waals surface area contributed by atoms with Crippen molar-refractivity contribution in [3.63, 3.8) is 0 Å². The zero-order valence-corrected chi connectivity index (χ0v) is 11.6. The predicted octanol–water partition coefficient (Wildman–Crippen LogP) is 3.43. The summed E-state index contributed by atoms with van der Waals surface area (Å²) >= 11 is 14.2. The summed E-state index contributed by atoms with van der Waals surface area (Å²) in [6, 6.07) is 5.55. The molecular formula is C10H8ClNOS3. The van der Waals surface area contributed by atoms with Crippen molar-refractivity contribution < 1.29 is 4.79 Å². The first kappa shape index (κ1) is 12.2. The van der Waals surface area contributed by atoms with Crippen molar-refractivity contribution in [3.8, 4) is 0 Å². The number of nitrogens with zero attached hydrogens (tertiary/aromatic N) is 1. The van der Waals surface area contributed by atoms with Crippen LogP contribution in [0.3, 0.4) is 0 Å². The Morgan fingerprint density at radius 2 is 2.31 bits per heavy atom. The van der Waals surface area contributed by atoms with Crippen molar-refractivity contribution in [1.29, 1.82) is 0 Å². The van der Waals surface area contributed by atoms with Crippen LogP contribution in [0.15, 0.2) is 23.1 Å². The van der Waals surface area contributed by atoms with Gasteiger partial charge in [-0.15, -0.1) is 11.8 Å². The monoisotopic (exact) mass is 289 g/mol. The molecule has 0 atom stereocenters. The third-order valence-electron chi connectivity index (χ3n) is 2.14. The maximum absolute atomic E-state index is 11.6. The first-order valence-electron chi connectivity index (χ1n) is 4.46. The number of hydrogen-bond donors (Lipinski definition) is 0. The third kappa shape index (κ3) is 2.22. The summed E-state index contributed by atoms with van der Waals surface area (Å²) in [7, 11) is 0. The van der Waals surface area contributed by atoms with E-state index in [0.717, 1.165) is 10.6 Å². The Balaban J connectivity index is 2.37. The molecule has 6 heteroatoms. The molecule has 2 nitrogen and oxygen atoms in total. The fourth-order valence-corrected chi connectivity index (χ4v) is 3.36. The zero-order chi connectivity index (χ0) is 11.7. The molecule has 0 radical (unpaired) electrons. The van der Waals surface area contributed by atoms with E-state index in [9.17, 15) is 4.79 Å². The Labute approximate surface area is 113 Å². The van der Waals surface area contributed by atoms with Gasteiger partial charge in [0.2, 0.25) is 5.91 Å². The van der Waals surface area contributed by atoms with Gasteiger partial charge in [-0.2, -0.15) is 0 Å². The van der Waals surface area contributed by atoms with Gasteiger partial charge in [-0.25, -0.2) is 0 Å². The molecule has 0 aromatic heterocycles. The van der Waals surface area contributed by atoms with E-state index in [0.29, 0.717) is 15.1 Å². The van der Waals surface area contributed by atoms with Crippen molar-refractivity contribution >= 4 is 63.3 Å². The normalized spacial score (nSPS) is 16.0. The Morgan fingerprint density at radius 1 is 1.56 bits per heavy atom. The van der Waals surface area contributed by atoms with Gasteiger partial charge >= 0.3 is 0 Å². The lowest BCUT2D eigenvalue weighted by atomic mass is 10.3. The molecule has 1 aromatic carbocycles. The molecule has 1 fully saturated rings. The van der Waals surface area contributed by atoms with Crippen LogP contribution in [0.4, 0.5) is 5.69 Å². The fourth-order valence-electron chi connectivity index (χ4n) is 1.40. The molecule has 0 bridgehead atoms. The molecule has 0 spiro atoms. The molecular weight excluding hydrogens is 282 g/mol. The summed E-state index contributed by atoms with van der Waals surface area (Å²) in [6.45, 7) is 0. The number of amides is 1. The van der Waals surface area contributed by atoms with Gasteiger partial charge < -0.3 is 0 Å². The number of rotatable bonds is 2. The molecule has 84 valence electrons. The molecule has 2 rings (SSSR count). The lowest BCUT2D eigenvalue weighted by Crippen LogP contribution is -2.27. The van der Waals surface area contributed by atoms with E-state index < -0.39 is 0 Å². The molecule has 1 saturated heterocycles. The average Bonchev–Trinajstić information content (AvgIpc) is 2.58. The largest absolute Gasteiger partial charge is 0.273 e. The number of carbonyl (C=O) groups excluding carboxylic acids is 1. The van der Waals surface area contributed by atoms with Crippen LogP contribution in [-0.2, 0) is 4.79 Å². The Bertz CT molecular complexity index is 447. The number of benzene rings is 1. The quantitative estimate of drug-likeness (QED) is 0.614. The van der Waals surface area contributed by atoms with Crippen molar-refractivity contribution in [2.24, 2.45) is 0 Å². The summed E-state index contributed by atoms with van der Waals surface area (Å²) in [5.74, 6) is 0.434. The van der Waals surface area contributed by atoms with E-state index in [1.807, 2.05) is 18.4 Å². The lowest BCUT2D eigenvalue weighted by molar-refractivity contribution is -0.115. The molecule has 1 amide bonds. The molecule has 0 N–H and O–H groups in total. The van der Waals surface area contributed by atoms with Gasteiger partial charge in [0.15, 0.2) is 0 Å². The van der Waals surface area contributed by atoms with E-state index in [1.54, 1.807) is 17.8 Å². The Hall–Kier alpha value is -0.230. The second-order valence-corrected chi connectivity index (χ2v) is 5.97. The number of hydrogen-bond acceptors (Lipinski definition) is 4. The fraction of sp³-hybridized carbons (Fsp3) is 0.200. The molecule has 1 aliphatic rings. The highest BCUT2D eigenvalue weighted by molar-refractivity contribution is 8.24. The van der Waals surface area contributed by atoms with Gasteiger partial charge in [-0.1, -0.05) is 35.6 Å². The van der Waals surface area contributed by atoms with Crippen LogP contribution in [0.1, 0.15) is 0 Å². The van der Waals surface area contributed by atoms with Crippen LogP contribution in [0, 0.1) is 0 Å². The van der Waals surface area contributed by atoms with Crippen molar-refractivity contribution in [2.75, 3.05) is 16.9 Å². The minimum Gasteiger partial charge on any atom is -0.273 e. The molecule has 0 unspecified atom stereocenters. The van der Waals surface area contributed by atoms with Crippen LogP contribution in [0.25, 0.3) is 0 Å². The third-order valence-corrected chi connectivity index (χ3v) is 4.72. The van der Waals surface area contributed by atoms with Crippen molar-refractivity contribution in [3.05, 3.63) is 23.2 Å². The summed E-state index contributed by atoms with van der Waals surface area (Å²) in [5, 5.41) is 0.650. The molecule has 1 aliphatic heterocycles. The first-order chi connectivity index (χ1) is 7.63. The summed E-state index contributed by atoms with van der Waals surface area (Å²) in [6.07, 6.45) is 1.96. The van der Waals surface area contributed by atoms with Gasteiger partial charge in [-0.3, -0.25) is 9.69 Å². The average molecular weight is 290 g/mol. The van der Waals surface area contributed by atoms with E-state index in [1.165, 1.54) is 16.7 Å². The van der Waals surface area contributed by atoms with Gasteiger partial charge in [0.1, 0.15) is 4.32 Å². The second kappa shape index (κ2) is 4.96. The van der Waals surface area contributed by atoms with E-state index in [4.69, 9.17) is 23.8 Å². The first-order valence-corrected chi connectivity index (χ1v) is 7.46. The Kier molecular flexibility index (Phi) is 3.79. The minimum absolute atomic E-state index is 0.0166. The highest BCUT2D eigenvalue weighted by atomic mass is 35.5. The maximum Gasteiger partial charge on any atom is 0.243 e. The van der Waals surface area contributed by atoms with E-state index >= 15 is 0 Å². The van der Waals surface area contributed by atoms with Crippen LogP contribution >= 0.6 is 47.3 Å². The topological polar surface area (TPSA) is 20.3 Å². The lowest BCUT2D eigenvalue weighted by Gasteiger charge is -2.15. The molecule has 16 heavy (non-hydrogen) atoms. The summed E-state index contributed by atoms with van der Waals surface area (Å²) in [5.41, 5.74) is 0.753. The van der Waals surface area contributed by atoms with Crippen LogP contribution in [-0.4, -0.2) is 22.2 Å². The van der Waals surface area contributed by atoms with Crippen LogP contribution < -0.4 is 4.90 Å². The molecule has 1 aromatic rings. The van der Waals surface area contributed by atoms with Gasteiger partial charge in [0.25, 0.3) is 0 Å². The maximum atomic E-state index is 11.6. The highest BCUT2D eigenvalue weighted by Gasteiger charge is 2.28. The number of thioether (sulfide) groups is 2. The molecule has 0 aliphatic carbocycles. The highest BCUT2D eigenvalue weighted by Crippen LogP contribution is 2.33. The van der Waals surface area contributed by atoms with Gasteiger partial charge in [0.05, 0.1) is 16.5 Å². The molecule has 0 saturated carbocycles. The number of carbonyl (C=O) groups is 1. The van der Waals surface area contributed by atoms with E-state index in [2.05, 4.69) is 0 Å². The SMILES string of the molecule is CSc1ccc(N2C(=O)CSC2=S)cc1Cl. The van der Waals surface area contributed by atoms with Crippen LogP contribution in [0.5, 0.6) is 0 Å². The molecule has 1 heterocycles. The standard InChI is InChI=1S/C10H8ClNOS3/c1-15-8-3-2-6(4-7(8)11)12-9(13)5-16-10(12)14/h2-4H,5H2,1H3. The van der Waals surface area contributed by atoms with Gasteiger partial charge in [-0.05, 0) is 24.5 Å². The minimum atomic E-state index is 0.0166. The van der Waals surface area contributed by atoms with E-state index in [-0.39, 0.29) is 5.91 Å². The zero-order valence-electron chi connectivity index (χ0n) is 8.40. The van der Waals surface area contributed by atoms with Crippen molar-refractivity contribution in [2.45, 2.75) is 4.90 Å². The number of halogens is 1. The predicted molar refractivity (Wildman–Crippen MR) is 75.8 cm³/mol. The smallest absolute Gasteiger partial charge is 0.243 e. The number of anilines is 1. The second-order valence-electron chi connectivity index (χ2n) is 3.10. The van der Waals surface area contributed by atoms with Crippen LogP contribution in [0.2, 0.25) is 5.02 Å².